The standard InChI is InChI=1S/C25H30N4O2/c1-19-18-20(2)29(26-19)23-7-4-21(5-8-23)6-13-25(30)28-16-14-27(15-17-28)22-9-11-24(31-3)12-10-22/h4-5,7-12,18H,6,13-17H2,1-3H3. The average Bonchev–Trinajstić information content (AvgIpc) is 3.15. The van der Waals surface area contributed by atoms with E-state index in [-0.39, 0.29) is 5.91 Å². The van der Waals surface area contributed by atoms with E-state index in [2.05, 4.69) is 59.4 Å². The summed E-state index contributed by atoms with van der Waals surface area (Å²) < 4.78 is 7.18. The highest BCUT2D eigenvalue weighted by Gasteiger charge is 2.21. The molecular weight excluding hydrogens is 388 g/mol. The van der Waals surface area contributed by atoms with Crippen molar-refractivity contribution in [3.8, 4) is 11.4 Å². The van der Waals surface area contributed by atoms with Gasteiger partial charge in [0, 0.05) is 44.0 Å². The summed E-state index contributed by atoms with van der Waals surface area (Å²) >= 11 is 0. The van der Waals surface area contributed by atoms with Gasteiger partial charge >= 0.3 is 0 Å². The molecule has 1 fully saturated rings. The van der Waals surface area contributed by atoms with E-state index in [9.17, 15) is 4.79 Å². The van der Waals surface area contributed by atoms with E-state index in [0.29, 0.717) is 6.42 Å². The molecule has 3 aromatic rings. The van der Waals surface area contributed by atoms with Gasteiger partial charge in [-0.15, -0.1) is 0 Å². The number of aryl methyl sites for hydroxylation is 3. The van der Waals surface area contributed by atoms with Crippen LogP contribution in [0.4, 0.5) is 5.69 Å². The molecule has 1 aliphatic rings. The molecule has 0 atom stereocenters. The smallest absolute Gasteiger partial charge is 0.223 e. The van der Waals surface area contributed by atoms with Gasteiger partial charge in [-0.1, -0.05) is 12.1 Å². The summed E-state index contributed by atoms with van der Waals surface area (Å²) in [6.07, 6.45) is 1.30. The zero-order chi connectivity index (χ0) is 21.8. The van der Waals surface area contributed by atoms with Crippen molar-refractivity contribution in [3.63, 3.8) is 0 Å². The van der Waals surface area contributed by atoms with Crippen molar-refractivity contribution in [2.75, 3.05) is 38.2 Å². The Balaban J connectivity index is 1.27. The zero-order valence-corrected chi connectivity index (χ0v) is 18.5. The maximum absolute atomic E-state index is 12.7. The molecule has 0 radical (unpaired) electrons. The molecule has 0 spiro atoms. The highest BCUT2D eigenvalue weighted by Crippen LogP contribution is 2.21. The Hall–Kier alpha value is -3.28. The third-order valence-corrected chi connectivity index (χ3v) is 5.89. The maximum atomic E-state index is 12.7. The highest BCUT2D eigenvalue weighted by atomic mass is 16.5. The van der Waals surface area contributed by atoms with Gasteiger partial charge in [-0.2, -0.15) is 5.10 Å². The molecule has 2 aromatic carbocycles. The van der Waals surface area contributed by atoms with Crippen LogP contribution in [0.25, 0.3) is 5.69 Å². The van der Waals surface area contributed by atoms with Crippen LogP contribution < -0.4 is 9.64 Å². The molecule has 162 valence electrons. The van der Waals surface area contributed by atoms with E-state index in [1.54, 1.807) is 7.11 Å². The van der Waals surface area contributed by atoms with Crippen molar-refractivity contribution in [2.45, 2.75) is 26.7 Å². The Morgan fingerprint density at radius 3 is 2.16 bits per heavy atom. The fourth-order valence-electron chi connectivity index (χ4n) is 4.11. The number of hydrogen-bond acceptors (Lipinski definition) is 4. The molecule has 1 aliphatic heterocycles. The molecule has 1 aromatic heterocycles. The molecule has 6 nitrogen and oxygen atoms in total. The summed E-state index contributed by atoms with van der Waals surface area (Å²) in [6.45, 7) is 7.30. The van der Waals surface area contributed by atoms with Crippen LogP contribution >= 0.6 is 0 Å². The minimum Gasteiger partial charge on any atom is -0.497 e. The van der Waals surface area contributed by atoms with Crippen molar-refractivity contribution in [2.24, 2.45) is 0 Å². The summed E-state index contributed by atoms with van der Waals surface area (Å²) in [4.78, 5) is 17.0. The van der Waals surface area contributed by atoms with Crippen LogP contribution in [0.1, 0.15) is 23.4 Å². The van der Waals surface area contributed by atoms with Gasteiger partial charge in [0.15, 0.2) is 0 Å². The van der Waals surface area contributed by atoms with E-state index < -0.39 is 0 Å². The Labute approximate surface area is 184 Å². The summed E-state index contributed by atoms with van der Waals surface area (Å²) in [5.41, 5.74) is 5.54. The Bertz CT molecular complexity index is 1020. The molecule has 2 heterocycles. The first-order chi connectivity index (χ1) is 15.0. The lowest BCUT2D eigenvalue weighted by Crippen LogP contribution is -2.48. The zero-order valence-electron chi connectivity index (χ0n) is 18.5. The Kier molecular flexibility index (Phi) is 6.26. The minimum atomic E-state index is 0.233. The van der Waals surface area contributed by atoms with E-state index in [1.807, 2.05) is 28.6 Å². The molecule has 6 heteroatoms. The summed E-state index contributed by atoms with van der Waals surface area (Å²) in [7, 11) is 1.68. The van der Waals surface area contributed by atoms with Crippen molar-refractivity contribution in [3.05, 3.63) is 71.5 Å². The first kappa shape index (κ1) is 21.0. The number of ether oxygens (including phenoxy) is 1. The molecule has 0 N–H and O–H groups in total. The molecule has 1 saturated heterocycles. The van der Waals surface area contributed by atoms with E-state index in [4.69, 9.17) is 4.74 Å². The molecule has 0 bridgehead atoms. The van der Waals surface area contributed by atoms with Gasteiger partial charge in [0.2, 0.25) is 5.91 Å². The number of hydrogen-bond donors (Lipinski definition) is 0. The minimum absolute atomic E-state index is 0.233. The maximum Gasteiger partial charge on any atom is 0.223 e. The summed E-state index contributed by atoms with van der Waals surface area (Å²) in [5, 5.41) is 4.53. The van der Waals surface area contributed by atoms with Gasteiger partial charge in [0.05, 0.1) is 18.5 Å². The molecule has 0 saturated carbocycles. The SMILES string of the molecule is COc1ccc(N2CCN(C(=O)CCc3ccc(-n4nc(C)cc4C)cc3)CC2)cc1. The van der Waals surface area contributed by atoms with Crippen molar-refractivity contribution >= 4 is 11.6 Å². The number of carbonyl (C=O) groups is 1. The van der Waals surface area contributed by atoms with Crippen LogP contribution in [0.15, 0.2) is 54.6 Å². The molecule has 0 unspecified atom stereocenters. The number of nitrogens with zero attached hydrogens (tertiary/aromatic N) is 4. The lowest BCUT2D eigenvalue weighted by molar-refractivity contribution is -0.131. The van der Waals surface area contributed by atoms with Crippen LogP contribution in [0.5, 0.6) is 5.75 Å². The Morgan fingerprint density at radius 2 is 1.58 bits per heavy atom. The lowest BCUT2D eigenvalue weighted by Gasteiger charge is -2.36. The second kappa shape index (κ2) is 9.25. The number of aromatic nitrogens is 2. The van der Waals surface area contributed by atoms with Gasteiger partial charge < -0.3 is 14.5 Å². The third-order valence-electron chi connectivity index (χ3n) is 5.89. The Morgan fingerprint density at radius 1 is 0.935 bits per heavy atom. The van der Waals surface area contributed by atoms with Crippen molar-refractivity contribution in [1.29, 1.82) is 0 Å². The molecular formula is C25H30N4O2. The number of rotatable bonds is 6. The fraction of sp³-hybridized carbons (Fsp3) is 0.360. The van der Waals surface area contributed by atoms with Gasteiger partial charge in [0.25, 0.3) is 0 Å². The van der Waals surface area contributed by atoms with Crippen LogP contribution in [-0.4, -0.2) is 53.9 Å². The normalized spacial score (nSPS) is 14.0. The molecule has 1 amide bonds. The predicted octanol–water partition coefficient (Wildman–Crippen LogP) is 3.78. The highest BCUT2D eigenvalue weighted by molar-refractivity contribution is 5.76. The fourth-order valence-corrected chi connectivity index (χ4v) is 4.11. The van der Waals surface area contributed by atoms with Crippen LogP contribution in [-0.2, 0) is 11.2 Å². The number of amides is 1. The number of benzene rings is 2. The molecule has 0 aliphatic carbocycles. The number of carbonyl (C=O) groups excluding carboxylic acids is 1. The average molecular weight is 419 g/mol. The lowest BCUT2D eigenvalue weighted by atomic mass is 10.1. The molecule has 31 heavy (non-hydrogen) atoms. The quantitative estimate of drug-likeness (QED) is 0.611. The third kappa shape index (κ3) is 4.90. The molecule has 4 rings (SSSR count). The second-order valence-corrected chi connectivity index (χ2v) is 8.07. The van der Waals surface area contributed by atoms with Gasteiger partial charge in [-0.05, 0) is 68.3 Å². The van der Waals surface area contributed by atoms with E-state index >= 15 is 0 Å². The van der Waals surface area contributed by atoms with Gasteiger partial charge in [0.1, 0.15) is 5.75 Å². The number of piperazine rings is 1. The summed E-state index contributed by atoms with van der Waals surface area (Å²) in [5.74, 6) is 1.09. The van der Waals surface area contributed by atoms with Crippen LogP contribution in [0, 0.1) is 13.8 Å². The van der Waals surface area contributed by atoms with Crippen LogP contribution in [0.3, 0.4) is 0 Å². The van der Waals surface area contributed by atoms with Crippen LogP contribution in [0.2, 0.25) is 0 Å². The summed E-state index contributed by atoms with van der Waals surface area (Å²) in [6, 6.07) is 18.5. The van der Waals surface area contributed by atoms with Crippen molar-refractivity contribution in [1.82, 2.24) is 14.7 Å². The van der Waals surface area contributed by atoms with Crippen molar-refractivity contribution < 1.29 is 9.53 Å². The predicted molar refractivity (Wildman–Crippen MR) is 123 cm³/mol. The van der Waals surface area contributed by atoms with E-state index in [1.165, 1.54) is 11.3 Å². The number of anilines is 1. The first-order valence-electron chi connectivity index (χ1n) is 10.8. The van der Waals surface area contributed by atoms with E-state index in [0.717, 1.165) is 55.4 Å². The first-order valence-corrected chi connectivity index (χ1v) is 10.8. The van der Waals surface area contributed by atoms with Gasteiger partial charge in [-0.25, -0.2) is 4.68 Å². The topological polar surface area (TPSA) is 50.6 Å². The second-order valence-electron chi connectivity index (χ2n) is 8.07. The monoisotopic (exact) mass is 418 g/mol. The van der Waals surface area contributed by atoms with Gasteiger partial charge in [-0.3, -0.25) is 4.79 Å². The number of methoxy groups -OCH3 is 1. The largest absolute Gasteiger partial charge is 0.497 e.